The molecule has 0 aliphatic rings. The topological polar surface area (TPSA) is 43.8 Å². The maximum Gasteiger partial charge on any atom is 0.201 e. The molecule has 3 rings (SSSR count). The van der Waals surface area contributed by atoms with Crippen LogP contribution < -0.4 is 5.73 Å². The van der Waals surface area contributed by atoms with Crippen LogP contribution in [0.2, 0.25) is 0 Å². The van der Waals surface area contributed by atoms with Gasteiger partial charge in [0, 0.05) is 8.95 Å². The Kier molecular flexibility index (Phi) is 3.56. The number of benzene rings is 2. The summed E-state index contributed by atoms with van der Waals surface area (Å²) in [6.45, 7) is 2.13. The second-order valence-electron chi connectivity index (χ2n) is 4.70. The minimum atomic E-state index is 0.127. The van der Waals surface area contributed by atoms with Gasteiger partial charge >= 0.3 is 0 Å². The largest absolute Gasteiger partial charge is 0.369 e. The van der Waals surface area contributed by atoms with Crippen molar-refractivity contribution in [3.05, 3.63) is 57.0 Å². The van der Waals surface area contributed by atoms with Gasteiger partial charge in [-0.2, -0.15) is 0 Å². The minimum absolute atomic E-state index is 0.127. The first-order valence-electron chi connectivity index (χ1n) is 6.24. The van der Waals surface area contributed by atoms with Gasteiger partial charge < -0.3 is 10.3 Å². The van der Waals surface area contributed by atoms with E-state index in [4.69, 9.17) is 5.73 Å². The Morgan fingerprint density at radius 3 is 2.40 bits per heavy atom. The highest BCUT2D eigenvalue weighted by Gasteiger charge is 2.15. The lowest BCUT2D eigenvalue weighted by molar-refractivity contribution is 0.667. The number of nitrogens with two attached hydrogens (primary N) is 1. The van der Waals surface area contributed by atoms with Gasteiger partial charge in [0.2, 0.25) is 5.95 Å². The van der Waals surface area contributed by atoms with Crippen molar-refractivity contribution < 1.29 is 0 Å². The molecule has 1 aromatic heterocycles. The molecule has 5 heteroatoms. The number of hydrogen-bond acceptors (Lipinski definition) is 2. The zero-order valence-corrected chi connectivity index (χ0v) is 14.0. The van der Waals surface area contributed by atoms with Crippen LogP contribution in [0.15, 0.2) is 51.4 Å². The van der Waals surface area contributed by atoms with E-state index in [0.29, 0.717) is 5.95 Å². The number of anilines is 1. The van der Waals surface area contributed by atoms with Gasteiger partial charge in [0.15, 0.2) is 0 Å². The van der Waals surface area contributed by atoms with E-state index in [-0.39, 0.29) is 6.04 Å². The van der Waals surface area contributed by atoms with Crippen LogP contribution in [0.3, 0.4) is 0 Å². The van der Waals surface area contributed by atoms with Crippen molar-refractivity contribution in [2.45, 2.75) is 13.0 Å². The maximum absolute atomic E-state index is 6.10. The third-order valence-electron chi connectivity index (χ3n) is 3.42. The molecule has 1 unspecified atom stereocenters. The minimum Gasteiger partial charge on any atom is -0.369 e. The maximum atomic E-state index is 6.10. The van der Waals surface area contributed by atoms with E-state index in [1.165, 1.54) is 5.56 Å². The summed E-state index contributed by atoms with van der Waals surface area (Å²) in [5, 5.41) is 0. The van der Waals surface area contributed by atoms with Crippen LogP contribution in [0.1, 0.15) is 18.5 Å². The van der Waals surface area contributed by atoms with Gasteiger partial charge in [-0.15, -0.1) is 0 Å². The predicted octanol–water partition coefficient (Wildman–Crippen LogP) is 4.75. The number of nitrogen functional groups attached to an aromatic ring is 1. The van der Waals surface area contributed by atoms with Crippen molar-refractivity contribution in [3.63, 3.8) is 0 Å². The van der Waals surface area contributed by atoms with Crippen molar-refractivity contribution in [1.29, 1.82) is 0 Å². The molecule has 1 heterocycles. The second kappa shape index (κ2) is 5.22. The van der Waals surface area contributed by atoms with Gasteiger partial charge in [-0.3, -0.25) is 0 Å². The number of fused-ring (bicyclic) bond motifs is 1. The molecule has 2 aromatic carbocycles. The molecule has 0 amide bonds. The van der Waals surface area contributed by atoms with Crippen molar-refractivity contribution >= 4 is 48.8 Å². The smallest absolute Gasteiger partial charge is 0.201 e. The number of rotatable bonds is 2. The fourth-order valence-electron chi connectivity index (χ4n) is 2.38. The summed E-state index contributed by atoms with van der Waals surface area (Å²) in [7, 11) is 0. The van der Waals surface area contributed by atoms with Crippen molar-refractivity contribution in [2.24, 2.45) is 0 Å². The SMILES string of the molecule is CC(c1ccc(Br)cc1)n1c(N)nc2ccc(Br)cc21. The van der Waals surface area contributed by atoms with Crippen LogP contribution in [0, 0.1) is 0 Å². The lowest BCUT2D eigenvalue weighted by atomic mass is 10.1. The Hall–Kier alpha value is -1.33. The molecule has 0 saturated heterocycles. The molecular formula is C15H13Br2N3. The number of imidazole rings is 1. The van der Waals surface area contributed by atoms with E-state index in [0.717, 1.165) is 20.0 Å². The molecule has 0 radical (unpaired) electrons. The van der Waals surface area contributed by atoms with Gasteiger partial charge in [-0.05, 0) is 42.8 Å². The number of aromatic nitrogens is 2. The fourth-order valence-corrected chi connectivity index (χ4v) is 3.00. The van der Waals surface area contributed by atoms with Crippen molar-refractivity contribution in [3.8, 4) is 0 Å². The third-order valence-corrected chi connectivity index (χ3v) is 4.44. The molecule has 20 heavy (non-hydrogen) atoms. The zero-order valence-electron chi connectivity index (χ0n) is 10.8. The van der Waals surface area contributed by atoms with Crippen molar-refractivity contribution in [2.75, 3.05) is 5.73 Å². The van der Waals surface area contributed by atoms with Gasteiger partial charge in [0.1, 0.15) is 0 Å². The van der Waals surface area contributed by atoms with E-state index >= 15 is 0 Å². The second-order valence-corrected chi connectivity index (χ2v) is 6.53. The highest BCUT2D eigenvalue weighted by Crippen LogP contribution is 2.29. The molecule has 0 saturated carbocycles. The standard InChI is InChI=1S/C15H13Br2N3/c1-9(10-2-4-11(16)5-3-10)20-14-8-12(17)6-7-13(14)19-15(20)18/h2-9H,1H3,(H2,18,19). The number of hydrogen-bond donors (Lipinski definition) is 1. The Morgan fingerprint density at radius 2 is 1.70 bits per heavy atom. The summed E-state index contributed by atoms with van der Waals surface area (Å²) in [6, 6.07) is 14.4. The quantitative estimate of drug-likeness (QED) is 0.681. The zero-order chi connectivity index (χ0) is 14.3. The first kappa shape index (κ1) is 13.6. The molecule has 0 spiro atoms. The Morgan fingerprint density at radius 1 is 1.05 bits per heavy atom. The number of nitrogens with zero attached hydrogens (tertiary/aromatic N) is 2. The summed E-state index contributed by atoms with van der Waals surface area (Å²) in [6.07, 6.45) is 0. The molecule has 102 valence electrons. The van der Waals surface area contributed by atoms with E-state index in [9.17, 15) is 0 Å². The molecule has 0 aliphatic carbocycles. The van der Waals surface area contributed by atoms with Gasteiger partial charge in [-0.1, -0.05) is 44.0 Å². The summed E-state index contributed by atoms with van der Waals surface area (Å²) >= 11 is 6.96. The first-order chi connectivity index (χ1) is 9.56. The first-order valence-corrected chi connectivity index (χ1v) is 7.83. The predicted molar refractivity (Wildman–Crippen MR) is 89.8 cm³/mol. The van der Waals surface area contributed by atoms with Crippen LogP contribution >= 0.6 is 31.9 Å². The summed E-state index contributed by atoms with van der Waals surface area (Å²) in [4.78, 5) is 4.43. The van der Waals surface area contributed by atoms with E-state index < -0.39 is 0 Å². The summed E-state index contributed by atoms with van der Waals surface area (Å²) < 4.78 is 4.15. The summed E-state index contributed by atoms with van der Waals surface area (Å²) in [5.74, 6) is 0.536. The fraction of sp³-hybridized carbons (Fsp3) is 0.133. The van der Waals surface area contributed by atoms with Crippen LogP contribution in [0.25, 0.3) is 11.0 Å². The van der Waals surface area contributed by atoms with E-state index in [1.807, 2.05) is 30.3 Å². The van der Waals surface area contributed by atoms with Gasteiger partial charge in [-0.25, -0.2) is 4.98 Å². The van der Waals surface area contributed by atoms with Gasteiger partial charge in [0.05, 0.1) is 17.1 Å². The van der Waals surface area contributed by atoms with Crippen LogP contribution in [0.4, 0.5) is 5.95 Å². The highest BCUT2D eigenvalue weighted by atomic mass is 79.9. The average Bonchev–Trinajstić information content (AvgIpc) is 2.74. The lowest BCUT2D eigenvalue weighted by Crippen LogP contribution is -2.10. The molecule has 3 nitrogen and oxygen atoms in total. The van der Waals surface area contributed by atoms with Crippen LogP contribution in [-0.2, 0) is 0 Å². The Balaban J connectivity index is 2.15. The molecule has 0 bridgehead atoms. The van der Waals surface area contributed by atoms with Crippen LogP contribution in [0.5, 0.6) is 0 Å². The Bertz CT molecular complexity index is 763. The summed E-state index contributed by atoms with van der Waals surface area (Å²) in [5.41, 5.74) is 9.24. The molecule has 0 aliphatic heterocycles. The van der Waals surface area contributed by atoms with E-state index in [1.54, 1.807) is 0 Å². The lowest BCUT2D eigenvalue weighted by Gasteiger charge is -2.16. The molecule has 2 N–H and O–H groups in total. The van der Waals surface area contributed by atoms with Crippen molar-refractivity contribution in [1.82, 2.24) is 9.55 Å². The monoisotopic (exact) mass is 393 g/mol. The highest BCUT2D eigenvalue weighted by molar-refractivity contribution is 9.10. The Labute approximate surface area is 134 Å². The molecular weight excluding hydrogens is 382 g/mol. The van der Waals surface area contributed by atoms with E-state index in [2.05, 4.69) is 60.5 Å². The molecule has 0 fully saturated rings. The normalized spacial score (nSPS) is 12.8. The molecule has 3 aromatic rings. The van der Waals surface area contributed by atoms with Crippen LogP contribution in [-0.4, -0.2) is 9.55 Å². The third kappa shape index (κ3) is 2.36. The number of halogens is 2. The van der Waals surface area contributed by atoms with Gasteiger partial charge in [0.25, 0.3) is 0 Å². The average molecular weight is 395 g/mol. The molecule has 1 atom stereocenters.